The number of carbonyl (C=O) groups excluding carboxylic acids is 1. The van der Waals surface area contributed by atoms with Gasteiger partial charge in [-0.1, -0.05) is 54.2 Å². The van der Waals surface area contributed by atoms with Gasteiger partial charge in [0.2, 0.25) is 5.91 Å². The maximum atomic E-state index is 12.4. The highest BCUT2D eigenvalue weighted by Crippen LogP contribution is 2.24. The van der Waals surface area contributed by atoms with Gasteiger partial charge in [-0.25, -0.2) is 0 Å². The Kier molecular flexibility index (Phi) is 6.81. The number of aromatic nitrogens is 3. The molecule has 2 N–H and O–H groups in total. The van der Waals surface area contributed by atoms with Crippen molar-refractivity contribution in [3.05, 3.63) is 60.2 Å². The number of quaternary nitrogens is 1. The maximum absolute atomic E-state index is 12.4. The molecule has 2 heterocycles. The summed E-state index contributed by atoms with van der Waals surface area (Å²) >= 11 is 1.41. The summed E-state index contributed by atoms with van der Waals surface area (Å²) in [6.07, 6.45) is 2.67. The highest BCUT2D eigenvalue weighted by molar-refractivity contribution is 7.99. The monoisotopic (exact) mass is 422 g/mol. The summed E-state index contributed by atoms with van der Waals surface area (Å²) in [6.45, 7) is 6.42. The number of rotatable bonds is 8. The van der Waals surface area contributed by atoms with Gasteiger partial charge in [0.1, 0.15) is 6.54 Å². The highest BCUT2D eigenvalue weighted by atomic mass is 32.2. The fraction of sp³-hybridized carbons (Fsp3) is 0.348. The number of likely N-dealkylation sites (tertiary alicyclic amines) is 1. The molecule has 0 bridgehead atoms. The first-order chi connectivity index (χ1) is 14.7. The van der Waals surface area contributed by atoms with Crippen LogP contribution < -0.4 is 10.2 Å². The largest absolute Gasteiger partial charge is 0.331 e. The Morgan fingerprint density at radius 3 is 2.50 bits per heavy atom. The lowest BCUT2D eigenvalue weighted by atomic mass is 10.2. The van der Waals surface area contributed by atoms with E-state index >= 15 is 0 Å². The summed E-state index contributed by atoms with van der Waals surface area (Å²) in [7, 11) is 0. The number of nitrogens with zero attached hydrogens (tertiary/aromatic N) is 3. The minimum Gasteiger partial charge on any atom is -0.331 e. The molecule has 1 aliphatic rings. The molecule has 3 aromatic rings. The summed E-state index contributed by atoms with van der Waals surface area (Å²) < 4.78 is 2.04. The Morgan fingerprint density at radius 1 is 1.07 bits per heavy atom. The molecule has 0 aliphatic carbocycles. The number of nitrogens with one attached hydrogen (secondary N) is 2. The van der Waals surface area contributed by atoms with Gasteiger partial charge in [-0.05, 0) is 19.1 Å². The highest BCUT2D eigenvalue weighted by Gasteiger charge is 2.16. The smallest absolute Gasteiger partial charge is 0.234 e. The summed E-state index contributed by atoms with van der Waals surface area (Å²) in [5, 5.41) is 12.4. The summed E-state index contributed by atoms with van der Waals surface area (Å²) in [6, 6.07) is 18.2. The molecule has 7 heteroatoms. The minimum atomic E-state index is -0.0372. The van der Waals surface area contributed by atoms with Crippen molar-refractivity contribution in [1.29, 1.82) is 0 Å². The number of amides is 1. The van der Waals surface area contributed by atoms with Gasteiger partial charge in [0, 0.05) is 36.2 Å². The Balaban J connectivity index is 1.32. The minimum absolute atomic E-state index is 0.0372. The molecule has 0 radical (unpaired) electrons. The molecule has 1 aromatic heterocycles. The van der Waals surface area contributed by atoms with Crippen LogP contribution in [0.15, 0.2) is 59.8 Å². The van der Waals surface area contributed by atoms with E-state index in [2.05, 4.69) is 34.6 Å². The van der Waals surface area contributed by atoms with Crippen molar-refractivity contribution in [3.63, 3.8) is 0 Å². The van der Waals surface area contributed by atoms with Crippen LogP contribution in [-0.4, -0.2) is 39.5 Å². The third kappa shape index (κ3) is 5.09. The lowest BCUT2D eigenvalue weighted by Gasteiger charge is -2.12. The molecule has 1 aliphatic heterocycles. The lowest BCUT2D eigenvalue weighted by molar-refractivity contribution is -0.901. The molecule has 0 saturated carbocycles. The van der Waals surface area contributed by atoms with E-state index < -0.39 is 0 Å². The van der Waals surface area contributed by atoms with Crippen LogP contribution in [-0.2, 0) is 17.9 Å². The zero-order chi connectivity index (χ0) is 20.8. The van der Waals surface area contributed by atoms with Crippen molar-refractivity contribution in [3.8, 4) is 11.4 Å². The van der Waals surface area contributed by atoms with E-state index in [4.69, 9.17) is 0 Å². The first-order valence-electron chi connectivity index (χ1n) is 10.6. The van der Waals surface area contributed by atoms with E-state index in [9.17, 15) is 4.79 Å². The van der Waals surface area contributed by atoms with E-state index in [1.54, 1.807) is 4.90 Å². The standard InChI is InChI=1S/C23H27N5OS/c1-2-28-22(19-8-4-3-5-9-19)25-26-23(28)30-17-21(29)24-20-12-10-18(11-13-20)16-27-14-6-7-15-27/h3-5,8-13H,2,6-7,14-17H2,1H3,(H,24,29)/p+1. The average Bonchev–Trinajstić information content (AvgIpc) is 3.44. The zero-order valence-corrected chi connectivity index (χ0v) is 18.1. The number of carbonyl (C=O) groups is 1. The SMILES string of the molecule is CCn1c(SCC(=O)Nc2ccc(C[NH+]3CCCC3)cc2)nnc1-c1ccccc1. The molecule has 6 nitrogen and oxygen atoms in total. The molecule has 0 atom stereocenters. The molecule has 0 spiro atoms. The van der Waals surface area contributed by atoms with Gasteiger partial charge in [-0.15, -0.1) is 10.2 Å². The summed E-state index contributed by atoms with van der Waals surface area (Å²) in [4.78, 5) is 14.1. The molecule has 4 rings (SSSR count). The van der Waals surface area contributed by atoms with E-state index in [1.165, 1.54) is 43.3 Å². The number of benzene rings is 2. The van der Waals surface area contributed by atoms with Crippen LogP contribution in [0.25, 0.3) is 11.4 Å². The van der Waals surface area contributed by atoms with E-state index in [-0.39, 0.29) is 5.91 Å². The van der Waals surface area contributed by atoms with Crippen LogP contribution in [0, 0.1) is 0 Å². The van der Waals surface area contributed by atoms with E-state index in [0.717, 1.165) is 35.3 Å². The first kappa shape index (κ1) is 20.6. The van der Waals surface area contributed by atoms with Crippen LogP contribution in [0.3, 0.4) is 0 Å². The predicted octanol–water partition coefficient (Wildman–Crippen LogP) is 2.87. The third-order valence-electron chi connectivity index (χ3n) is 5.40. The third-order valence-corrected chi connectivity index (χ3v) is 6.37. The second kappa shape index (κ2) is 9.91. The Labute approximate surface area is 181 Å². The average molecular weight is 423 g/mol. The van der Waals surface area contributed by atoms with Crippen molar-refractivity contribution in [2.24, 2.45) is 0 Å². The van der Waals surface area contributed by atoms with Crippen LogP contribution in [0.4, 0.5) is 5.69 Å². The summed E-state index contributed by atoms with van der Waals surface area (Å²) in [5.41, 5.74) is 3.19. The van der Waals surface area contributed by atoms with Gasteiger partial charge in [0.05, 0.1) is 18.8 Å². The zero-order valence-electron chi connectivity index (χ0n) is 17.3. The normalized spacial score (nSPS) is 14.2. The second-order valence-corrected chi connectivity index (χ2v) is 8.53. The maximum Gasteiger partial charge on any atom is 0.234 e. The molecule has 1 amide bonds. The van der Waals surface area contributed by atoms with Crippen LogP contribution in [0.5, 0.6) is 0 Å². The van der Waals surface area contributed by atoms with Crippen molar-refractivity contribution in [2.45, 2.75) is 38.0 Å². The van der Waals surface area contributed by atoms with Crippen LogP contribution in [0.2, 0.25) is 0 Å². The van der Waals surface area contributed by atoms with Gasteiger partial charge in [0.25, 0.3) is 0 Å². The van der Waals surface area contributed by atoms with Crippen LogP contribution in [0.1, 0.15) is 25.3 Å². The topological polar surface area (TPSA) is 64.2 Å². The molecule has 1 saturated heterocycles. The fourth-order valence-corrected chi connectivity index (χ4v) is 4.66. The Morgan fingerprint density at radius 2 is 1.80 bits per heavy atom. The van der Waals surface area contributed by atoms with E-state index in [1.807, 2.05) is 47.0 Å². The lowest BCUT2D eigenvalue weighted by Crippen LogP contribution is -3.08. The number of anilines is 1. The molecule has 1 fully saturated rings. The Bertz CT molecular complexity index is 965. The van der Waals surface area contributed by atoms with Gasteiger partial charge in [-0.3, -0.25) is 4.79 Å². The molecule has 2 aromatic carbocycles. The van der Waals surface area contributed by atoms with Crippen molar-refractivity contribution in [1.82, 2.24) is 14.8 Å². The van der Waals surface area contributed by atoms with Crippen LogP contribution >= 0.6 is 11.8 Å². The molecule has 30 heavy (non-hydrogen) atoms. The van der Waals surface area contributed by atoms with Gasteiger partial charge >= 0.3 is 0 Å². The Hall–Kier alpha value is -2.64. The van der Waals surface area contributed by atoms with Gasteiger partial charge in [-0.2, -0.15) is 0 Å². The summed E-state index contributed by atoms with van der Waals surface area (Å²) in [5.74, 6) is 1.09. The van der Waals surface area contributed by atoms with E-state index in [0.29, 0.717) is 5.75 Å². The fourth-order valence-electron chi connectivity index (χ4n) is 3.85. The predicted molar refractivity (Wildman–Crippen MR) is 121 cm³/mol. The molecular formula is C23H28N5OS+. The quantitative estimate of drug-likeness (QED) is 0.548. The number of hydrogen-bond acceptors (Lipinski definition) is 4. The van der Waals surface area contributed by atoms with Gasteiger partial charge in [0.15, 0.2) is 11.0 Å². The van der Waals surface area contributed by atoms with Crippen molar-refractivity contribution in [2.75, 3.05) is 24.2 Å². The number of thioether (sulfide) groups is 1. The molecule has 156 valence electrons. The number of hydrogen-bond donors (Lipinski definition) is 2. The second-order valence-electron chi connectivity index (χ2n) is 7.58. The molecular weight excluding hydrogens is 394 g/mol. The first-order valence-corrected chi connectivity index (χ1v) is 11.6. The van der Waals surface area contributed by atoms with Crippen molar-refractivity contribution >= 4 is 23.4 Å². The van der Waals surface area contributed by atoms with Gasteiger partial charge < -0.3 is 14.8 Å². The molecule has 0 unspecified atom stereocenters. The van der Waals surface area contributed by atoms with Crippen molar-refractivity contribution < 1.29 is 9.69 Å².